The van der Waals surface area contributed by atoms with Gasteiger partial charge in [0.1, 0.15) is 5.75 Å². The first-order valence-corrected chi connectivity index (χ1v) is 13.1. The number of halogens is 1. The molecule has 37 heavy (non-hydrogen) atoms. The molecular formula is C29H36ClN3O4. The van der Waals surface area contributed by atoms with Crippen LogP contribution in [0.4, 0.5) is 0 Å². The minimum atomic E-state index is -0.277. The molecule has 2 aromatic heterocycles. The number of benzene rings is 1. The number of methoxy groups -OCH3 is 1. The highest BCUT2D eigenvalue weighted by Gasteiger charge is 2.30. The molecule has 0 bridgehead atoms. The molecule has 2 unspecified atom stereocenters. The summed E-state index contributed by atoms with van der Waals surface area (Å²) in [6.07, 6.45) is 7.79. The van der Waals surface area contributed by atoms with Gasteiger partial charge in [0.15, 0.2) is 5.78 Å². The molecule has 3 heterocycles. The quantitative estimate of drug-likeness (QED) is 0.337. The first-order valence-electron chi connectivity index (χ1n) is 12.7. The molecule has 0 saturated heterocycles. The first-order chi connectivity index (χ1) is 17.9. The number of nitrogens with zero attached hydrogens (tertiary/aromatic N) is 2. The average molecular weight is 526 g/mol. The molecule has 0 saturated carbocycles. The predicted octanol–water partition coefficient (Wildman–Crippen LogP) is 6.26. The molecule has 0 spiro atoms. The van der Waals surface area contributed by atoms with Crippen LogP contribution >= 0.6 is 11.6 Å². The molecule has 1 aliphatic heterocycles. The lowest BCUT2D eigenvalue weighted by Gasteiger charge is -2.26. The number of aliphatic hydroxyl groups excluding tert-OH is 1. The minimum Gasteiger partial charge on any atom is -0.493 e. The van der Waals surface area contributed by atoms with Crippen molar-refractivity contribution >= 4 is 23.0 Å². The third kappa shape index (κ3) is 6.59. The number of rotatable bonds is 8. The zero-order valence-electron chi connectivity index (χ0n) is 22.2. The average Bonchev–Trinajstić information content (AvgIpc) is 3.41. The van der Waals surface area contributed by atoms with Gasteiger partial charge in [-0.15, -0.1) is 0 Å². The number of ether oxygens (including phenoxy) is 2. The molecule has 3 aromatic rings. The summed E-state index contributed by atoms with van der Waals surface area (Å²) >= 11 is 6.16. The topological polar surface area (TPSA) is 97.3 Å². The third-order valence-electron chi connectivity index (χ3n) is 6.53. The smallest absolute Gasteiger partial charge is 0.218 e. The molecule has 0 fully saturated rings. The number of carbonyl (C=O) groups is 1. The van der Waals surface area contributed by atoms with Crippen molar-refractivity contribution in [3.63, 3.8) is 0 Å². The summed E-state index contributed by atoms with van der Waals surface area (Å²) in [5, 5.41) is 15.4. The van der Waals surface area contributed by atoms with Crippen LogP contribution in [0.25, 0.3) is 16.8 Å². The van der Waals surface area contributed by atoms with Crippen LogP contribution in [0.2, 0.25) is 5.02 Å². The summed E-state index contributed by atoms with van der Waals surface area (Å²) < 4.78 is 11.3. The number of fused-ring (bicyclic) bond motifs is 1. The highest BCUT2D eigenvalue weighted by Crippen LogP contribution is 2.36. The van der Waals surface area contributed by atoms with E-state index in [1.54, 1.807) is 25.6 Å². The Kier molecular flexibility index (Phi) is 10.3. The fourth-order valence-electron chi connectivity index (χ4n) is 4.27. The Morgan fingerprint density at radius 2 is 2.08 bits per heavy atom. The van der Waals surface area contributed by atoms with Gasteiger partial charge in [-0.3, -0.25) is 9.78 Å². The van der Waals surface area contributed by atoms with Crippen molar-refractivity contribution in [2.24, 2.45) is 5.92 Å². The Morgan fingerprint density at radius 3 is 2.73 bits per heavy atom. The maximum Gasteiger partial charge on any atom is 0.218 e. The van der Waals surface area contributed by atoms with E-state index >= 15 is 0 Å². The number of aliphatic hydroxyl groups is 1. The van der Waals surface area contributed by atoms with E-state index in [0.717, 1.165) is 46.5 Å². The zero-order chi connectivity index (χ0) is 26.9. The lowest BCUT2D eigenvalue weighted by Crippen LogP contribution is -2.29. The third-order valence-corrected chi connectivity index (χ3v) is 6.77. The number of hydrogen-bond donors (Lipinski definition) is 2. The minimum absolute atomic E-state index is 0.0584. The van der Waals surface area contributed by atoms with Crippen molar-refractivity contribution in [2.45, 2.75) is 52.9 Å². The summed E-state index contributed by atoms with van der Waals surface area (Å²) in [5.74, 6) is 1.38. The van der Waals surface area contributed by atoms with Gasteiger partial charge in [0.2, 0.25) is 5.88 Å². The second-order valence-electron chi connectivity index (χ2n) is 9.04. The van der Waals surface area contributed by atoms with Crippen molar-refractivity contribution in [3.05, 3.63) is 64.4 Å². The van der Waals surface area contributed by atoms with Crippen molar-refractivity contribution < 1.29 is 19.4 Å². The van der Waals surface area contributed by atoms with Gasteiger partial charge in [-0.05, 0) is 67.5 Å². The lowest BCUT2D eigenvalue weighted by molar-refractivity contribution is -0.118. The monoisotopic (exact) mass is 525 g/mol. The number of hydrogen-bond acceptors (Lipinski definition) is 6. The zero-order valence-corrected chi connectivity index (χ0v) is 22.9. The van der Waals surface area contributed by atoms with Crippen LogP contribution in [0.15, 0.2) is 42.7 Å². The van der Waals surface area contributed by atoms with Gasteiger partial charge in [0.05, 0.1) is 37.1 Å². The molecule has 8 heteroatoms. The van der Waals surface area contributed by atoms with Crippen molar-refractivity contribution in [1.82, 2.24) is 15.2 Å². The van der Waals surface area contributed by atoms with Crippen LogP contribution in [0.1, 0.15) is 63.1 Å². The lowest BCUT2D eigenvalue weighted by atomic mass is 9.83. The van der Waals surface area contributed by atoms with E-state index in [9.17, 15) is 4.79 Å². The van der Waals surface area contributed by atoms with Gasteiger partial charge in [-0.1, -0.05) is 38.4 Å². The number of pyridine rings is 1. The van der Waals surface area contributed by atoms with E-state index in [0.29, 0.717) is 36.1 Å². The van der Waals surface area contributed by atoms with Gasteiger partial charge in [0, 0.05) is 29.0 Å². The van der Waals surface area contributed by atoms with Gasteiger partial charge in [-0.2, -0.15) is 5.10 Å². The summed E-state index contributed by atoms with van der Waals surface area (Å²) in [5.41, 5.74) is 5.11. The van der Waals surface area contributed by atoms with E-state index < -0.39 is 0 Å². The largest absolute Gasteiger partial charge is 0.493 e. The first kappa shape index (κ1) is 28.4. The van der Waals surface area contributed by atoms with Gasteiger partial charge in [0.25, 0.3) is 0 Å². The molecule has 2 atom stereocenters. The van der Waals surface area contributed by atoms with Crippen LogP contribution in [-0.4, -0.2) is 46.4 Å². The van der Waals surface area contributed by atoms with Crippen LogP contribution in [0.5, 0.6) is 11.6 Å². The molecule has 0 radical (unpaired) electrons. The number of allylic oxidation sites excluding steroid dienone is 2. The highest BCUT2D eigenvalue weighted by molar-refractivity contribution is 6.30. The fraction of sp³-hybridized carbons (Fsp3) is 0.414. The molecule has 198 valence electrons. The number of H-pyrrole nitrogens is 1. The maximum atomic E-state index is 13.7. The summed E-state index contributed by atoms with van der Waals surface area (Å²) in [7, 11) is 1.59. The summed E-state index contributed by atoms with van der Waals surface area (Å²) in [6.45, 7) is 8.80. The number of carbonyl (C=O) groups excluding carboxylic acids is 1. The standard InChI is InChI=1S/C26H28ClN3O3.C3H8O/c1-5-15(3)20-11-23(22-13-29-30-26(22)32-4)28-12-21(20)19(6-2)25(31)17-9-16-10-18(27)7-8-24(16)33-14-17;1-2-3-4/h6-8,10-13,15,17H,5,9,14H2,1-4H3,(H,29,30);4H,2-3H2,1H3/b19-6+;. The number of aromatic amines is 1. The van der Waals surface area contributed by atoms with Gasteiger partial charge in [-0.25, -0.2) is 5.10 Å². The SMILES string of the molecule is C/C=C(/C(=O)C1COc2ccc(Cl)cc2C1)c1cnc(-c2cn[nH]c2OC)cc1C(C)CC.CCCO. The summed E-state index contributed by atoms with van der Waals surface area (Å²) in [6, 6.07) is 7.59. The Hall–Kier alpha value is -3.16. The molecular weight excluding hydrogens is 490 g/mol. The maximum absolute atomic E-state index is 13.7. The van der Waals surface area contributed by atoms with Gasteiger partial charge >= 0.3 is 0 Å². The number of Topliss-reactive ketones (excluding diaryl/α,β-unsaturated/α-hetero) is 1. The van der Waals surface area contributed by atoms with Crippen LogP contribution < -0.4 is 9.47 Å². The van der Waals surface area contributed by atoms with Crippen LogP contribution in [-0.2, 0) is 11.2 Å². The molecule has 1 aromatic carbocycles. The Bertz CT molecular complexity index is 1240. The van der Waals surface area contributed by atoms with E-state index in [2.05, 4.69) is 29.0 Å². The Labute approximate surface area is 223 Å². The van der Waals surface area contributed by atoms with E-state index in [4.69, 9.17) is 26.2 Å². The molecule has 1 aliphatic rings. The molecule has 4 rings (SSSR count). The van der Waals surface area contributed by atoms with Crippen molar-refractivity contribution in [2.75, 3.05) is 20.3 Å². The second kappa shape index (κ2) is 13.4. The fourth-order valence-corrected chi connectivity index (χ4v) is 4.46. The highest BCUT2D eigenvalue weighted by atomic mass is 35.5. The molecule has 0 aliphatic carbocycles. The Morgan fingerprint density at radius 1 is 1.32 bits per heavy atom. The van der Waals surface area contributed by atoms with Crippen molar-refractivity contribution in [3.8, 4) is 22.9 Å². The van der Waals surface area contributed by atoms with Crippen LogP contribution in [0, 0.1) is 5.92 Å². The van der Waals surface area contributed by atoms with E-state index in [1.165, 1.54) is 0 Å². The van der Waals surface area contributed by atoms with Crippen molar-refractivity contribution in [1.29, 1.82) is 0 Å². The normalized spacial score (nSPS) is 15.6. The molecule has 0 amide bonds. The second-order valence-corrected chi connectivity index (χ2v) is 9.47. The Balaban J connectivity index is 0.000000886. The molecule has 2 N–H and O–H groups in total. The number of ketones is 1. The number of aromatic nitrogens is 3. The van der Waals surface area contributed by atoms with Crippen LogP contribution in [0.3, 0.4) is 0 Å². The predicted molar refractivity (Wildman–Crippen MR) is 147 cm³/mol. The van der Waals surface area contributed by atoms with E-state index in [-0.39, 0.29) is 17.6 Å². The number of nitrogens with one attached hydrogen (secondary N) is 1. The molecule has 7 nitrogen and oxygen atoms in total. The van der Waals surface area contributed by atoms with E-state index in [1.807, 2.05) is 38.1 Å². The summed E-state index contributed by atoms with van der Waals surface area (Å²) in [4.78, 5) is 18.3. The van der Waals surface area contributed by atoms with Gasteiger partial charge < -0.3 is 14.6 Å².